The molecule has 1 fully saturated rings. The normalized spacial score (nSPS) is 15.6. The van der Waals surface area contributed by atoms with Gasteiger partial charge in [0.1, 0.15) is 5.82 Å². The van der Waals surface area contributed by atoms with E-state index in [-0.39, 0.29) is 18.1 Å². The molecule has 1 saturated carbocycles. The third kappa shape index (κ3) is 5.68. The van der Waals surface area contributed by atoms with Crippen molar-refractivity contribution in [2.24, 2.45) is 10.9 Å². The molecule has 0 bridgehead atoms. The monoisotopic (exact) mass is 409 g/mol. The van der Waals surface area contributed by atoms with Gasteiger partial charge in [0.25, 0.3) is 0 Å². The minimum atomic E-state index is -3.27. The van der Waals surface area contributed by atoms with Crippen molar-refractivity contribution in [3.8, 4) is 0 Å². The average Bonchev–Trinajstić information content (AvgIpc) is 3.01. The van der Waals surface area contributed by atoms with Gasteiger partial charge in [-0.25, -0.2) is 17.5 Å². The highest BCUT2D eigenvalue weighted by atomic mass is 32.2. The molecular weight excluding hydrogens is 381 g/mol. The van der Waals surface area contributed by atoms with E-state index < -0.39 is 10.0 Å². The van der Waals surface area contributed by atoms with Crippen LogP contribution in [0.2, 0.25) is 0 Å². The topological polar surface area (TPSA) is 98.4 Å². The van der Waals surface area contributed by atoms with Crippen LogP contribution < -0.4 is 15.4 Å². The predicted molar refractivity (Wildman–Crippen MR) is 110 cm³/mol. The summed E-state index contributed by atoms with van der Waals surface area (Å²) in [6.45, 7) is 1.45. The zero-order valence-corrected chi connectivity index (χ0v) is 16.9. The highest BCUT2D eigenvalue weighted by Gasteiger charge is 2.20. The molecule has 3 rings (SSSR count). The van der Waals surface area contributed by atoms with Crippen LogP contribution in [0.4, 0.5) is 4.39 Å². The fourth-order valence-electron chi connectivity index (χ4n) is 3.22. The Labute approximate surface area is 165 Å². The molecule has 1 aromatic heterocycles. The van der Waals surface area contributed by atoms with Crippen molar-refractivity contribution in [3.05, 3.63) is 35.8 Å². The Morgan fingerprint density at radius 2 is 2.07 bits per heavy atom. The number of hydrogen-bond acceptors (Lipinski definition) is 3. The minimum absolute atomic E-state index is 0.00837. The number of fused-ring (bicyclic) bond motifs is 1. The number of halogens is 1. The van der Waals surface area contributed by atoms with Crippen LogP contribution in [-0.4, -0.2) is 51.8 Å². The Balaban J connectivity index is 1.39. The molecule has 154 valence electrons. The van der Waals surface area contributed by atoms with Gasteiger partial charge < -0.3 is 15.6 Å². The average molecular weight is 410 g/mol. The molecular formula is C19H28FN5O2S. The zero-order chi connectivity index (χ0) is 20.0. The van der Waals surface area contributed by atoms with Crippen LogP contribution in [0.25, 0.3) is 10.9 Å². The summed E-state index contributed by atoms with van der Waals surface area (Å²) < 4.78 is 40.0. The Morgan fingerprint density at radius 1 is 1.29 bits per heavy atom. The molecule has 0 unspecified atom stereocenters. The van der Waals surface area contributed by atoms with Gasteiger partial charge in [-0.05, 0) is 48.9 Å². The molecule has 0 saturated heterocycles. The van der Waals surface area contributed by atoms with Gasteiger partial charge >= 0.3 is 0 Å². The second kappa shape index (κ2) is 9.38. The predicted octanol–water partition coefficient (Wildman–Crippen LogP) is 1.73. The maximum absolute atomic E-state index is 13.3. The van der Waals surface area contributed by atoms with Crippen LogP contribution in [0.3, 0.4) is 0 Å². The van der Waals surface area contributed by atoms with Crippen molar-refractivity contribution < 1.29 is 12.8 Å². The highest BCUT2D eigenvalue weighted by molar-refractivity contribution is 7.89. The van der Waals surface area contributed by atoms with Gasteiger partial charge in [0.2, 0.25) is 10.0 Å². The number of nitrogens with zero attached hydrogens (tertiary/aromatic N) is 1. The van der Waals surface area contributed by atoms with Gasteiger partial charge in [0.05, 0.1) is 5.75 Å². The van der Waals surface area contributed by atoms with Crippen molar-refractivity contribution in [1.29, 1.82) is 0 Å². The molecule has 1 heterocycles. The molecule has 0 spiro atoms. The van der Waals surface area contributed by atoms with Gasteiger partial charge in [-0.2, -0.15) is 0 Å². The van der Waals surface area contributed by atoms with E-state index in [0.717, 1.165) is 35.7 Å². The van der Waals surface area contributed by atoms with E-state index in [1.54, 1.807) is 13.1 Å². The quantitative estimate of drug-likeness (QED) is 0.374. The first-order valence-electron chi connectivity index (χ1n) is 9.64. The number of aliphatic imine (C=N–C) groups is 1. The van der Waals surface area contributed by atoms with Crippen LogP contribution in [0, 0.1) is 11.7 Å². The zero-order valence-electron chi connectivity index (χ0n) is 16.1. The van der Waals surface area contributed by atoms with Gasteiger partial charge in [-0.1, -0.05) is 6.42 Å². The smallest absolute Gasteiger partial charge is 0.213 e. The maximum Gasteiger partial charge on any atom is 0.213 e. The lowest BCUT2D eigenvalue weighted by Gasteiger charge is -2.25. The van der Waals surface area contributed by atoms with Gasteiger partial charge in [-0.15, -0.1) is 0 Å². The second-order valence-corrected chi connectivity index (χ2v) is 9.07. The fourth-order valence-corrected chi connectivity index (χ4v) is 4.22. The summed E-state index contributed by atoms with van der Waals surface area (Å²) in [5.41, 5.74) is 1.86. The van der Waals surface area contributed by atoms with Crippen LogP contribution in [0.1, 0.15) is 24.8 Å². The molecule has 2 aromatic rings. The van der Waals surface area contributed by atoms with Crippen molar-refractivity contribution >= 4 is 26.9 Å². The largest absolute Gasteiger partial charge is 0.361 e. The van der Waals surface area contributed by atoms with Crippen LogP contribution in [0.15, 0.2) is 29.4 Å². The van der Waals surface area contributed by atoms with Crippen molar-refractivity contribution in [2.75, 3.05) is 32.4 Å². The molecule has 28 heavy (non-hydrogen) atoms. The molecule has 9 heteroatoms. The van der Waals surface area contributed by atoms with Gasteiger partial charge in [0, 0.05) is 43.8 Å². The molecule has 1 aliphatic carbocycles. The van der Waals surface area contributed by atoms with Gasteiger partial charge in [-0.3, -0.25) is 4.99 Å². The summed E-state index contributed by atoms with van der Waals surface area (Å²) in [6.07, 6.45) is 6.03. The number of hydrogen-bond donors (Lipinski definition) is 4. The fraction of sp³-hybridized carbons (Fsp3) is 0.526. The molecule has 1 aliphatic rings. The number of rotatable bonds is 9. The molecule has 0 atom stereocenters. The molecule has 0 amide bonds. The van der Waals surface area contributed by atoms with Crippen LogP contribution in [0.5, 0.6) is 0 Å². The standard InChI is InChI=1S/C19H28FN5O2S/c1-21-19(23-9-10-28(26,27)25-12-14-3-2-4-14)22-8-7-15-13-24-18-11-16(20)5-6-17(15)18/h5-6,11,13-14,24-25H,2-4,7-10,12H2,1H3,(H2,21,22,23). The summed E-state index contributed by atoms with van der Waals surface area (Å²) in [4.78, 5) is 7.19. The van der Waals surface area contributed by atoms with E-state index in [4.69, 9.17) is 0 Å². The third-order valence-corrected chi connectivity index (χ3v) is 6.47. The lowest BCUT2D eigenvalue weighted by Crippen LogP contribution is -2.42. The van der Waals surface area contributed by atoms with Crippen LogP contribution >= 0.6 is 0 Å². The number of nitrogens with one attached hydrogen (secondary N) is 4. The SMILES string of the molecule is CN=C(NCCc1c[nH]c2cc(F)ccc12)NCCS(=O)(=O)NCC1CCC1. The number of sulfonamides is 1. The Hall–Kier alpha value is -2.13. The summed E-state index contributed by atoms with van der Waals surface area (Å²) in [5, 5.41) is 7.20. The molecule has 7 nitrogen and oxygen atoms in total. The first kappa shape index (κ1) is 20.6. The Morgan fingerprint density at radius 3 is 2.79 bits per heavy atom. The van der Waals surface area contributed by atoms with Gasteiger partial charge in [0.15, 0.2) is 5.96 Å². The minimum Gasteiger partial charge on any atom is -0.361 e. The Bertz CT molecular complexity index is 922. The Kier molecular flexibility index (Phi) is 6.90. The third-order valence-electron chi connectivity index (χ3n) is 5.12. The van der Waals surface area contributed by atoms with E-state index in [2.05, 4.69) is 25.3 Å². The second-order valence-electron chi connectivity index (χ2n) is 7.14. The van der Waals surface area contributed by atoms with Crippen molar-refractivity contribution in [2.45, 2.75) is 25.7 Å². The molecule has 4 N–H and O–H groups in total. The van der Waals surface area contributed by atoms with Crippen molar-refractivity contribution in [3.63, 3.8) is 0 Å². The van der Waals surface area contributed by atoms with E-state index in [1.165, 1.54) is 18.6 Å². The lowest BCUT2D eigenvalue weighted by atomic mass is 9.86. The van der Waals surface area contributed by atoms with E-state index in [0.29, 0.717) is 25.0 Å². The van der Waals surface area contributed by atoms with E-state index in [9.17, 15) is 12.8 Å². The first-order valence-corrected chi connectivity index (χ1v) is 11.3. The van der Waals surface area contributed by atoms with E-state index >= 15 is 0 Å². The van der Waals surface area contributed by atoms with Crippen molar-refractivity contribution in [1.82, 2.24) is 20.3 Å². The number of aromatic nitrogens is 1. The summed E-state index contributed by atoms with van der Waals surface area (Å²) in [7, 11) is -1.62. The number of aromatic amines is 1. The summed E-state index contributed by atoms with van der Waals surface area (Å²) in [5.74, 6) is 0.799. The molecule has 0 aliphatic heterocycles. The molecule has 0 radical (unpaired) electrons. The first-order chi connectivity index (χ1) is 13.5. The van der Waals surface area contributed by atoms with Crippen LogP contribution in [-0.2, 0) is 16.4 Å². The number of H-pyrrole nitrogens is 1. The summed E-state index contributed by atoms with van der Waals surface area (Å²) in [6, 6.07) is 4.70. The number of benzene rings is 1. The maximum atomic E-state index is 13.3. The summed E-state index contributed by atoms with van der Waals surface area (Å²) >= 11 is 0. The highest BCUT2D eigenvalue weighted by Crippen LogP contribution is 2.25. The molecule has 1 aromatic carbocycles. The van der Waals surface area contributed by atoms with E-state index in [1.807, 2.05) is 6.20 Å². The lowest BCUT2D eigenvalue weighted by molar-refractivity contribution is 0.316. The number of guanidine groups is 1.